The zero-order chi connectivity index (χ0) is 19.8. The van der Waals surface area contributed by atoms with Crippen molar-refractivity contribution >= 4 is 5.91 Å². The van der Waals surface area contributed by atoms with Crippen molar-refractivity contribution in [3.05, 3.63) is 64.7 Å². The number of benzene rings is 1. The Bertz CT molecular complexity index is 764. The second kappa shape index (κ2) is 10.2. The molecule has 1 unspecified atom stereocenters. The SMILES string of the molecule is CCCN(CC(O)c1cncc(F)c1)C(=O)Cc1ccc(CC)c(CC)c1. The molecule has 146 valence electrons. The van der Waals surface area contributed by atoms with Gasteiger partial charge in [0.05, 0.1) is 25.3 Å². The number of aromatic nitrogens is 1. The summed E-state index contributed by atoms with van der Waals surface area (Å²) in [5, 5.41) is 10.4. The molecular formula is C22H29FN2O2. The third kappa shape index (κ3) is 5.86. The number of aliphatic hydroxyl groups is 1. The van der Waals surface area contributed by atoms with Crippen molar-refractivity contribution in [2.24, 2.45) is 0 Å². The van der Waals surface area contributed by atoms with Crippen molar-refractivity contribution in [2.75, 3.05) is 13.1 Å². The molecule has 0 radical (unpaired) electrons. The standard InChI is InChI=1S/C22H29FN2O2/c1-4-9-25(15-21(26)19-12-20(23)14-24-13-19)22(27)11-16-7-8-17(5-2)18(6-3)10-16/h7-8,10,12-14,21,26H,4-6,9,11,15H2,1-3H3. The summed E-state index contributed by atoms with van der Waals surface area (Å²) in [5.74, 6) is -0.533. The number of rotatable bonds is 9. The highest BCUT2D eigenvalue weighted by Gasteiger charge is 2.19. The predicted molar refractivity (Wildman–Crippen MR) is 105 cm³/mol. The molecule has 5 heteroatoms. The van der Waals surface area contributed by atoms with Crippen LogP contribution < -0.4 is 0 Å². The van der Waals surface area contributed by atoms with Crippen LogP contribution in [-0.2, 0) is 24.1 Å². The highest BCUT2D eigenvalue weighted by molar-refractivity contribution is 5.79. The fourth-order valence-electron chi connectivity index (χ4n) is 3.26. The van der Waals surface area contributed by atoms with Gasteiger partial charge in [0, 0.05) is 18.3 Å². The lowest BCUT2D eigenvalue weighted by Crippen LogP contribution is -2.36. The first-order chi connectivity index (χ1) is 13.0. The highest BCUT2D eigenvalue weighted by atomic mass is 19.1. The molecular weight excluding hydrogens is 343 g/mol. The zero-order valence-electron chi connectivity index (χ0n) is 16.4. The Hall–Kier alpha value is -2.27. The molecule has 0 spiro atoms. The topological polar surface area (TPSA) is 53.4 Å². The molecule has 1 amide bonds. The molecule has 1 aromatic carbocycles. The number of carbonyl (C=O) groups excluding carboxylic acids is 1. The van der Waals surface area contributed by atoms with E-state index >= 15 is 0 Å². The molecule has 0 bridgehead atoms. The maximum atomic E-state index is 13.3. The van der Waals surface area contributed by atoms with Gasteiger partial charge in [-0.1, -0.05) is 39.0 Å². The van der Waals surface area contributed by atoms with Gasteiger partial charge in [-0.25, -0.2) is 4.39 Å². The van der Waals surface area contributed by atoms with E-state index in [-0.39, 0.29) is 12.5 Å². The van der Waals surface area contributed by atoms with E-state index in [0.717, 1.165) is 31.0 Å². The quantitative estimate of drug-likeness (QED) is 0.727. The van der Waals surface area contributed by atoms with Gasteiger partial charge in [-0.3, -0.25) is 9.78 Å². The van der Waals surface area contributed by atoms with Crippen molar-refractivity contribution in [2.45, 2.75) is 52.6 Å². The maximum Gasteiger partial charge on any atom is 0.227 e. The van der Waals surface area contributed by atoms with E-state index in [1.54, 1.807) is 4.90 Å². The lowest BCUT2D eigenvalue weighted by molar-refractivity contribution is -0.132. The molecule has 0 saturated heterocycles. The fourth-order valence-corrected chi connectivity index (χ4v) is 3.26. The monoisotopic (exact) mass is 372 g/mol. The van der Waals surface area contributed by atoms with E-state index in [1.807, 2.05) is 13.0 Å². The van der Waals surface area contributed by atoms with E-state index < -0.39 is 11.9 Å². The van der Waals surface area contributed by atoms with Gasteiger partial charge < -0.3 is 10.0 Å². The van der Waals surface area contributed by atoms with Gasteiger partial charge >= 0.3 is 0 Å². The smallest absolute Gasteiger partial charge is 0.227 e. The van der Waals surface area contributed by atoms with Gasteiger partial charge in [0.2, 0.25) is 5.91 Å². The summed E-state index contributed by atoms with van der Waals surface area (Å²) in [4.78, 5) is 18.2. The first kappa shape index (κ1) is 21.0. The van der Waals surface area contributed by atoms with E-state index in [9.17, 15) is 14.3 Å². The summed E-state index contributed by atoms with van der Waals surface area (Å²) in [6, 6.07) is 7.46. The molecule has 0 aliphatic rings. The number of carbonyl (C=O) groups is 1. The summed E-state index contributed by atoms with van der Waals surface area (Å²) in [6.45, 7) is 6.91. The van der Waals surface area contributed by atoms with E-state index in [4.69, 9.17) is 0 Å². The van der Waals surface area contributed by atoms with Gasteiger partial charge in [0.25, 0.3) is 0 Å². The van der Waals surface area contributed by atoms with Crippen molar-refractivity contribution in [1.29, 1.82) is 0 Å². The highest BCUT2D eigenvalue weighted by Crippen LogP contribution is 2.17. The number of aryl methyl sites for hydroxylation is 2. The molecule has 1 heterocycles. The fraction of sp³-hybridized carbons (Fsp3) is 0.455. The molecule has 0 aliphatic carbocycles. The largest absolute Gasteiger partial charge is 0.386 e. The minimum absolute atomic E-state index is 0.0356. The van der Waals surface area contributed by atoms with Crippen LogP contribution in [0.2, 0.25) is 0 Å². The summed E-state index contributed by atoms with van der Waals surface area (Å²) in [5.41, 5.74) is 3.95. The second-order valence-electron chi connectivity index (χ2n) is 6.78. The molecule has 27 heavy (non-hydrogen) atoms. The Labute approximate surface area is 161 Å². The third-order valence-electron chi connectivity index (χ3n) is 4.74. The lowest BCUT2D eigenvalue weighted by Gasteiger charge is -2.25. The van der Waals surface area contributed by atoms with Crippen LogP contribution in [0, 0.1) is 5.82 Å². The first-order valence-corrected chi connectivity index (χ1v) is 9.65. The third-order valence-corrected chi connectivity index (χ3v) is 4.74. The summed E-state index contributed by atoms with van der Waals surface area (Å²) >= 11 is 0. The summed E-state index contributed by atoms with van der Waals surface area (Å²) < 4.78 is 13.3. The number of hydrogen-bond donors (Lipinski definition) is 1. The van der Waals surface area contributed by atoms with E-state index in [1.165, 1.54) is 23.4 Å². The van der Waals surface area contributed by atoms with Gasteiger partial charge in [0.1, 0.15) is 5.82 Å². The van der Waals surface area contributed by atoms with Crippen LogP contribution in [0.5, 0.6) is 0 Å². The normalized spacial score (nSPS) is 12.0. The first-order valence-electron chi connectivity index (χ1n) is 9.65. The van der Waals surface area contributed by atoms with Crippen LogP contribution in [0.1, 0.15) is 55.5 Å². The molecule has 0 fully saturated rings. The average molecular weight is 372 g/mol. The lowest BCUT2D eigenvalue weighted by atomic mass is 9.98. The van der Waals surface area contributed by atoms with Crippen molar-refractivity contribution in [1.82, 2.24) is 9.88 Å². The van der Waals surface area contributed by atoms with Crippen LogP contribution in [0.25, 0.3) is 0 Å². The minimum Gasteiger partial charge on any atom is -0.386 e. The molecule has 2 rings (SSSR count). The number of aliphatic hydroxyl groups excluding tert-OH is 1. The van der Waals surface area contributed by atoms with Crippen LogP contribution in [-0.4, -0.2) is 34.0 Å². The number of nitrogens with zero attached hydrogens (tertiary/aromatic N) is 2. The Morgan fingerprint density at radius 2 is 1.89 bits per heavy atom. The molecule has 0 saturated carbocycles. The molecule has 4 nitrogen and oxygen atoms in total. The van der Waals surface area contributed by atoms with Crippen molar-refractivity contribution in [3.63, 3.8) is 0 Å². The van der Waals surface area contributed by atoms with Crippen LogP contribution in [0.4, 0.5) is 4.39 Å². The molecule has 2 aromatic rings. The van der Waals surface area contributed by atoms with Crippen LogP contribution >= 0.6 is 0 Å². The Kier molecular flexibility index (Phi) is 7.92. The van der Waals surface area contributed by atoms with E-state index in [2.05, 4.69) is 31.0 Å². The van der Waals surface area contributed by atoms with Crippen LogP contribution in [0.3, 0.4) is 0 Å². The molecule has 1 N–H and O–H groups in total. The molecule has 0 aliphatic heterocycles. The Morgan fingerprint density at radius 1 is 1.15 bits per heavy atom. The predicted octanol–water partition coefficient (Wildman–Crippen LogP) is 3.86. The van der Waals surface area contributed by atoms with Gasteiger partial charge in [-0.05, 0) is 42.0 Å². The van der Waals surface area contributed by atoms with Gasteiger partial charge in [-0.2, -0.15) is 0 Å². The average Bonchev–Trinajstić information content (AvgIpc) is 2.67. The maximum absolute atomic E-state index is 13.3. The summed E-state index contributed by atoms with van der Waals surface area (Å²) in [6.07, 6.45) is 4.57. The number of hydrogen-bond acceptors (Lipinski definition) is 3. The zero-order valence-corrected chi connectivity index (χ0v) is 16.4. The van der Waals surface area contributed by atoms with Gasteiger partial charge in [-0.15, -0.1) is 0 Å². The van der Waals surface area contributed by atoms with Crippen LogP contribution in [0.15, 0.2) is 36.7 Å². The van der Waals surface area contributed by atoms with Crippen molar-refractivity contribution < 1.29 is 14.3 Å². The Balaban J connectivity index is 2.10. The summed E-state index contributed by atoms with van der Waals surface area (Å²) in [7, 11) is 0. The minimum atomic E-state index is -0.961. The number of halogens is 1. The van der Waals surface area contributed by atoms with Crippen molar-refractivity contribution in [3.8, 4) is 0 Å². The number of amides is 1. The second-order valence-corrected chi connectivity index (χ2v) is 6.78. The van der Waals surface area contributed by atoms with Gasteiger partial charge in [0.15, 0.2) is 0 Å². The van der Waals surface area contributed by atoms with E-state index in [0.29, 0.717) is 18.5 Å². The molecule has 1 atom stereocenters. The Morgan fingerprint density at radius 3 is 2.52 bits per heavy atom. The molecule has 1 aromatic heterocycles. The number of pyridine rings is 1.